The lowest BCUT2D eigenvalue weighted by atomic mass is 9.43. The van der Waals surface area contributed by atoms with Crippen LogP contribution >= 0.6 is 0 Å². The van der Waals surface area contributed by atoms with Crippen LogP contribution in [0, 0.1) is 23.2 Å². The van der Waals surface area contributed by atoms with Crippen LogP contribution in [0.1, 0.15) is 66.7 Å². The molecule has 5 N–H and O–H groups in total. The highest BCUT2D eigenvalue weighted by Crippen LogP contribution is 2.65. The fourth-order valence-electron chi connectivity index (χ4n) is 7.54. The van der Waals surface area contributed by atoms with E-state index in [4.69, 9.17) is 15.0 Å². The first-order valence-electron chi connectivity index (χ1n) is 15.9. The molecule has 2 bridgehead atoms. The summed E-state index contributed by atoms with van der Waals surface area (Å²) >= 11 is 0. The average Bonchev–Trinajstić information content (AvgIpc) is 3.34. The summed E-state index contributed by atoms with van der Waals surface area (Å²) in [7, 11) is -3.04. The van der Waals surface area contributed by atoms with Crippen LogP contribution in [0.3, 0.4) is 0 Å². The van der Waals surface area contributed by atoms with Crippen LogP contribution in [-0.4, -0.2) is 64.7 Å². The van der Waals surface area contributed by atoms with Crippen molar-refractivity contribution in [2.24, 2.45) is 33.9 Å². The van der Waals surface area contributed by atoms with Crippen molar-refractivity contribution in [1.82, 2.24) is 15.4 Å². The zero-order chi connectivity index (χ0) is 31.9. The highest BCUT2D eigenvalue weighted by molar-refractivity contribution is 7.89. The number of nitrogens with zero attached hydrogens (tertiary/aromatic N) is 1. The summed E-state index contributed by atoms with van der Waals surface area (Å²) < 4.78 is 43.2. The van der Waals surface area contributed by atoms with Crippen molar-refractivity contribution in [3.8, 4) is 0 Å². The summed E-state index contributed by atoms with van der Waals surface area (Å²) in [6.45, 7) is 11.4. The summed E-state index contributed by atoms with van der Waals surface area (Å²) in [5.74, 6) is 0.702. The quantitative estimate of drug-likeness (QED) is 0.122. The molecule has 2 aromatic rings. The smallest absolute Gasteiger partial charge is 0.404 e. The van der Waals surface area contributed by atoms with Gasteiger partial charge in [0.2, 0.25) is 15.9 Å². The van der Waals surface area contributed by atoms with Crippen LogP contribution in [0.2, 0.25) is 0 Å². The molecule has 4 fully saturated rings. The fourth-order valence-corrected chi connectivity index (χ4v) is 8.80. The van der Waals surface area contributed by atoms with Gasteiger partial charge in [-0.2, -0.15) is 4.72 Å². The van der Waals surface area contributed by atoms with Crippen molar-refractivity contribution in [2.75, 3.05) is 13.6 Å². The van der Waals surface area contributed by atoms with E-state index < -0.39 is 40.6 Å². The third kappa shape index (κ3) is 6.50. The Morgan fingerprint density at radius 2 is 1.86 bits per heavy atom. The van der Waals surface area contributed by atoms with Gasteiger partial charge in [0.05, 0.1) is 22.5 Å². The van der Waals surface area contributed by atoms with Crippen molar-refractivity contribution in [3.05, 3.63) is 42.5 Å². The molecule has 2 aromatic carbocycles. The van der Waals surface area contributed by atoms with E-state index >= 15 is 0 Å². The summed E-state index contributed by atoms with van der Waals surface area (Å²) in [5.41, 5.74) is 5.56. The Balaban J connectivity index is 1.34. The molecule has 44 heavy (non-hydrogen) atoms. The molecule has 0 unspecified atom stereocenters. The van der Waals surface area contributed by atoms with Crippen molar-refractivity contribution >= 4 is 39.8 Å². The number of hydrogen-bond acceptors (Lipinski definition) is 6. The number of rotatable bonds is 12. The number of sulfonamides is 1. The third-order valence-electron chi connectivity index (χ3n) is 10.2. The number of aliphatic imine (C=N–C) groups is 1. The molecule has 240 valence electrons. The Hall–Kier alpha value is -2.67. The number of nitrogens with one attached hydrogen (secondary N) is 3. The van der Waals surface area contributed by atoms with Gasteiger partial charge in [-0.15, -0.1) is 0 Å². The number of benzene rings is 2. The molecule has 0 radical (unpaired) electrons. The van der Waals surface area contributed by atoms with Gasteiger partial charge < -0.3 is 25.7 Å². The maximum absolute atomic E-state index is 13.9. The largest absolute Gasteiger partial charge is 0.481 e. The second-order valence-corrected chi connectivity index (χ2v) is 15.7. The second-order valence-electron chi connectivity index (χ2n) is 13.9. The van der Waals surface area contributed by atoms with E-state index in [1.54, 1.807) is 25.2 Å². The highest BCUT2D eigenvalue weighted by atomic mass is 32.2. The number of fused-ring (bicyclic) bond motifs is 1. The average molecular weight is 626 g/mol. The summed E-state index contributed by atoms with van der Waals surface area (Å²) in [5, 5.41) is 7.86. The van der Waals surface area contributed by atoms with Gasteiger partial charge in [-0.3, -0.25) is 9.79 Å². The lowest BCUT2D eigenvalue weighted by molar-refractivity contribution is -0.199. The van der Waals surface area contributed by atoms with E-state index in [0.717, 1.165) is 23.6 Å². The number of carbonyl (C=O) groups excluding carboxylic acids is 1. The van der Waals surface area contributed by atoms with Gasteiger partial charge >= 0.3 is 7.12 Å². The van der Waals surface area contributed by atoms with Gasteiger partial charge in [0, 0.05) is 13.6 Å². The number of nitrogens with two attached hydrogens (primary N) is 1. The van der Waals surface area contributed by atoms with E-state index in [1.807, 2.05) is 24.3 Å². The molecule has 1 heterocycles. The molecule has 3 aliphatic carbocycles. The number of carbonyl (C=O) groups is 1. The standard InChI is InChI=1S/C32H48BN5O5S/c1-20(2)16-28(33-42-27-19-23-18-26(31(23,3)4)32(27,5)43-33)37-29(39)25(12-9-15-36-30(34)35-6)38-44(40,41)24-14-13-21-10-7-8-11-22(21)17-24/h7-8,10-11,13-14,17,20,23,25-28,38H,9,12,15-16,18-19H2,1-6H3,(H,37,39)(H3,34,35,36)/t23-,25-,26-,27+,28-,32-/m0/s1. The topological polar surface area (TPSA) is 144 Å². The summed E-state index contributed by atoms with van der Waals surface area (Å²) in [4.78, 5) is 17.9. The Labute approximate surface area is 262 Å². The van der Waals surface area contributed by atoms with E-state index in [2.05, 4.69) is 55.0 Å². The molecule has 0 spiro atoms. The van der Waals surface area contributed by atoms with Gasteiger partial charge in [-0.05, 0) is 85.1 Å². The van der Waals surface area contributed by atoms with Gasteiger partial charge in [-0.25, -0.2) is 8.42 Å². The van der Waals surface area contributed by atoms with Crippen LogP contribution in [0.25, 0.3) is 10.8 Å². The van der Waals surface area contributed by atoms with E-state index in [9.17, 15) is 13.2 Å². The normalized spacial score (nSPS) is 27.5. The van der Waals surface area contributed by atoms with E-state index in [-0.39, 0.29) is 34.7 Å². The van der Waals surface area contributed by atoms with Crippen LogP contribution < -0.4 is 21.1 Å². The zero-order valence-electron chi connectivity index (χ0n) is 26.8. The molecule has 6 rings (SSSR count). The first-order chi connectivity index (χ1) is 20.7. The van der Waals surface area contributed by atoms with E-state index in [1.165, 1.54) is 0 Å². The van der Waals surface area contributed by atoms with Gasteiger partial charge in [0.1, 0.15) is 6.04 Å². The van der Waals surface area contributed by atoms with Gasteiger partial charge in [-0.1, -0.05) is 58.0 Å². The number of guanidine groups is 1. The molecule has 6 atom stereocenters. The first kappa shape index (κ1) is 32.7. The highest BCUT2D eigenvalue weighted by Gasteiger charge is 2.68. The van der Waals surface area contributed by atoms with Gasteiger partial charge in [0.15, 0.2) is 5.96 Å². The summed E-state index contributed by atoms with van der Waals surface area (Å²) in [6, 6.07) is 11.5. The van der Waals surface area contributed by atoms with Crippen molar-refractivity contribution in [1.29, 1.82) is 0 Å². The van der Waals surface area contributed by atoms with Crippen LogP contribution in [0.5, 0.6) is 0 Å². The predicted octanol–water partition coefficient (Wildman–Crippen LogP) is 3.60. The Morgan fingerprint density at radius 1 is 1.14 bits per heavy atom. The molecule has 4 aliphatic rings. The molecular weight excluding hydrogens is 577 g/mol. The van der Waals surface area contributed by atoms with Crippen LogP contribution in [0.15, 0.2) is 52.4 Å². The Bertz CT molecular complexity index is 1500. The molecule has 1 saturated heterocycles. The fraction of sp³-hybridized carbons (Fsp3) is 0.625. The number of amides is 1. The number of hydrogen-bond donors (Lipinski definition) is 4. The van der Waals surface area contributed by atoms with Crippen molar-refractivity contribution in [3.63, 3.8) is 0 Å². The van der Waals surface area contributed by atoms with Crippen molar-refractivity contribution < 1.29 is 22.5 Å². The molecule has 10 nitrogen and oxygen atoms in total. The maximum atomic E-state index is 13.9. The van der Waals surface area contributed by atoms with Crippen molar-refractivity contribution in [2.45, 2.75) is 95.3 Å². The Morgan fingerprint density at radius 3 is 2.55 bits per heavy atom. The maximum Gasteiger partial charge on any atom is 0.481 e. The van der Waals surface area contributed by atoms with E-state index in [0.29, 0.717) is 31.2 Å². The minimum atomic E-state index is -4.02. The molecule has 3 saturated carbocycles. The monoisotopic (exact) mass is 625 g/mol. The Kier molecular flexibility index (Phi) is 9.38. The molecule has 12 heteroatoms. The minimum Gasteiger partial charge on any atom is -0.404 e. The van der Waals surface area contributed by atoms with Crippen LogP contribution in [-0.2, 0) is 24.1 Å². The first-order valence-corrected chi connectivity index (χ1v) is 17.3. The second kappa shape index (κ2) is 12.6. The third-order valence-corrected chi connectivity index (χ3v) is 11.7. The van der Waals surface area contributed by atoms with Gasteiger partial charge in [0.25, 0.3) is 0 Å². The lowest BCUT2D eigenvalue weighted by Gasteiger charge is -2.64. The predicted molar refractivity (Wildman–Crippen MR) is 174 cm³/mol. The van der Waals surface area contributed by atoms with Crippen LogP contribution in [0.4, 0.5) is 0 Å². The molecule has 1 aliphatic heterocycles. The molecule has 1 amide bonds. The molecular formula is C32H48BN5O5S. The minimum absolute atomic E-state index is 0.0187. The summed E-state index contributed by atoms with van der Waals surface area (Å²) in [6.07, 6.45) is 3.43. The lowest BCUT2D eigenvalue weighted by Crippen LogP contribution is -2.65. The molecule has 0 aromatic heterocycles. The SMILES string of the molecule is CN=C(N)NCCC[C@H](NS(=O)(=O)c1ccc2ccccc2c1)C(=O)N[C@@H](CC(C)C)B1O[C@@H]2C[C@@H]3C[C@@H](C3(C)C)[C@]2(C)O1. The zero-order valence-corrected chi connectivity index (χ0v) is 27.6.